The normalized spacial score (nSPS) is 11.1. The first-order chi connectivity index (χ1) is 11.7. The third kappa shape index (κ3) is 3.33. The summed E-state index contributed by atoms with van der Waals surface area (Å²) in [4.78, 5) is 11.7. The molecule has 0 radical (unpaired) electrons. The van der Waals surface area contributed by atoms with Crippen LogP contribution in [0.15, 0.2) is 70.9 Å². The Labute approximate surface area is 140 Å². The van der Waals surface area contributed by atoms with Gasteiger partial charge in [0.1, 0.15) is 5.69 Å². The Balaban J connectivity index is 2.11. The topological polar surface area (TPSA) is 51.0 Å². The molecule has 0 aliphatic rings. The van der Waals surface area contributed by atoms with Gasteiger partial charge in [-0.2, -0.15) is 5.11 Å². The van der Waals surface area contributed by atoms with E-state index in [0.717, 1.165) is 22.0 Å². The number of azo groups is 1. The molecule has 3 aromatic carbocycles. The number of nitrogens with zero attached hydrogens (tertiary/aromatic N) is 2. The van der Waals surface area contributed by atoms with Gasteiger partial charge in [-0.05, 0) is 30.0 Å². The van der Waals surface area contributed by atoms with Crippen molar-refractivity contribution in [3.8, 4) is 5.75 Å². The van der Waals surface area contributed by atoms with Gasteiger partial charge in [0, 0.05) is 11.8 Å². The molecule has 0 aromatic heterocycles. The molecule has 4 nitrogen and oxygen atoms in total. The van der Waals surface area contributed by atoms with E-state index in [4.69, 9.17) is 4.74 Å². The largest absolute Gasteiger partial charge is 0.424 e. The van der Waals surface area contributed by atoms with E-state index >= 15 is 0 Å². The number of fused-ring (bicyclic) bond motifs is 1. The number of hydrogen-bond acceptors (Lipinski definition) is 4. The van der Waals surface area contributed by atoms with Crippen LogP contribution in [0.1, 0.15) is 18.9 Å². The monoisotopic (exact) mass is 318 g/mol. The quantitative estimate of drug-likeness (QED) is 0.343. The van der Waals surface area contributed by atoms with Gasteiger partial charge in [0.2, 0.25) is 0 Å². The second kappa shape index (κ2) is 7.04. The summed E-state index contributed by atoms with van der Waals surface area (Å²) in [7, 11) is 0. The average Bonchev–Trinajstić information content (AvgIpc) is 2.61. The lowest BCUT2D eigenvalue weighted by atomic mass is 10.1. The molecular formula is C20H18N2O2. The molecule has 3 rings (SSSR count). The zero-order valence-electron chi connectivity index (χ0n) is 13.7. The second-order valence-corrected chi connectivity index (χ2v) is 5.45. The van der Waals surface area contributed by atoms with Crippen LogP contribution in [-0.4, -0.2) is 5.97 Å². The number of benzene rings is 3. The van der Waals surface area contributed by atoms with E-state index in [1.165, 1.54) is 0 Å². The van der Waals surface area contributed by atoms with E-state index in [0.29, 0.717) is 17.9 Å². The fraction of sp³-hybridized carbons (Fsp3) is 0.150. The molecule has 0 saturated carbocycles. The average molecular weight is 318 g/mol. The van der Waals surface area contributed by atoms with Gasteiger partial charge >= 0.3 is 5.97 Å². The summed E-state index contributed by atoms with van der Waals surface area (Å²) in [6.07, 6.45) is 0.307. The number of ether oxygens (including phenoxy) is 1. The summed E-state index contributed by atoms with van der Waals surface area (Å²) < 4.78 is 5.43. The minimum atomic E-state index is -0.294. The lowest BCUT2D eigenvalue weighted by molar-refractivity contribution is -0.133. The highest BCUT2D eigenvalue weighted by atomic mass is 16.5. The van der Waals surface area contributed by atoms with Gasteiger partial charge in [-0.1, -0.05) is 55.5 Å². The Morgan fingerprint density at radius 1 is 0.958 bits per heavy atom. The summed E-state index contributed by atoms with van der Waals surface area (Å²) in [5.74, 6) is 0.135. The van der Waals surface area contributed by atoms with Crippen LogP contribution < -0.4 is 4.74 Å². The van der Waals surface area contributed by atoms with Gasteiger partial charge in [0.15, 0.2) is 5.75 Å². The van der Waals surface area contributed by atoms with Gasteiger partial charge in [0.25, 0.3) is 0 Å². The molecule has 0 spiro atoms. The van der Waals surface area contributed by atoms with Crippen molar-refractivity contribution in [3.05, 3.63) is 66.2 Å². The number of aryl methyl sites for hydroxylation is 1. The summed E-state index contributed by atoms with van der Waals surface area (Å²) >= 11 is 0. The number of carbonyl (C=O) groups excluding carboxylic acids is 1. The van der Waals surface area contributed by atoms with Crippen molar-refractivity contribution < 1.29 is 9.53 Å². The molecule has 24 heavy (non-hydrogen) atoms. The van der Waals surface area contributed by atoms with Gasteiger partial charge < -0.3 is 4.74 Å². The van der Waals surface area contributed by atoms with Gasteiger partial charge in [0.05, 0.1) is 5.69 Å². The van der Waals surface area contributed by atoms with E-state index in [-0.39, 0.29) is 5.97 Å². The third-order valence-electron chi connectivity index (χ3n) is 3.75. The first-order valence-electron chi connectivity index (χ1n) is 7.89. The summed E-state index contributed by atoms with van der Waals surface area (Å²) in [5, 5.41) is 10.7. The minimum Gasteiger partial charge on any atom is -0.424 e. The summed E-state index contributed by atoms with van der Waals surface area (Å²) in [5.41, 5.74) is 2.39. The van der Waals surface area contributed by atoms with Gasteiger partial charge in [-0.3, -0.25) is 4.79 Å². The third-order valence-corrected chi connectivity index (χ3v) is 3.75. The smallest absolute Gasteiger partial charge is 0.310 e. The predicted octanol–water partition coefficient (Wildman–Crippen LogP) is 5.88. The first kappa shape index (κ1) is 15.9. The van der Waals surface area contributed by atoms with E-state index < -0.39 is 0 Å². The Kier molecular flexibility index (Phi) is 4.66. The highest BCUT2D eigenvalue weighted by molar-refractivity contribution is 5.96. The van der Waals surface area contributed by atoms with Gasteiger partial charge in [-0.25, -0.2) is 0 Å². The van der Waals surface area contributed by atoms with Crippen molar-refractivity contribution in [2.24, 2.45) is 10.2 Å². The van der Waals surface area contributed by atoms with Crippen LogP contribution in [0.4, 0.5) is 11.4 Å². The van der Waals surface area contributed by atoms with E-state index in [1.54, 1.807) is 13.0 Å². The molecule has 0 bridgehead atoms. The summed E-state index contributed by atoms with van der Waals surface area (Å²) in [6.45, 7) is 3.74. The van der Waals surface area contributed by atoms with Crippen LogP contribution in [-0.2, 0) is 4.79 Å². The Bertz CT molecular complexity index is 916. The zero-order valence-corrected chi connectivity index (χ0v) is 13.7. The predicted molar refractivity (Wildman–Crippen MR) is 95.2 cm³/mol. The van der Waals surface area contributed by atoms with E-state index in [9.17, 15) is 4.79 Å². The number of esters is 1. The molecule has 0 N–H and O–H groups in total. The van der Waals surface area contributed by atoms with Crippen molar-refractivity contribution >= 4 is 28.1 Å². The fourth-order valence-electron chi connectivity index (χ4n) is 2.39. The molecule has 0 aliphatic heterocycles. The van der Waals surface area contributed by atoms with Gasteiger partial charge in [-0.15, -0.1) is 5.11 Å². The molecule has 0 amide bonds. The maximum absolute atomic E-state index is 11.7. The van der Waals surface area contributed by atoms with Crippen LogP contribution in [0.2, 0.25) is 0 Å². The highest BCUT2D eigenvalue weighted by Gasteiger charge is 2.11. The van der Waals surface area contributed by atoms with Crippen molar-refractivity contribution in [2.75, 3.05) is 0 Å². The number of rotatable bonds is 4. The van der Waals surface area contributed by atoms with Crippen LogP contribution in [0.3, 0.4) is 0 Å². The minimum absolute atomic E-state index is 0.294. The molecule has 0 heterocycles. The Morgan fingerprint density at radius 2 is 1.71 bits per heavy atom. The zero-order chi connectivity index (χ0) is 16.9. The SMILES string of the molecule is CCC(=O)Oc1ccc2ccccc2c1N=Nc1ccccc1C. The number of carbonyl (C=O) groups is 1. The molecule has 0 saturated heterocycles. The van der Waals surface area contributed by atoms with Crippen molar-refractivity contribution in [1.29, 1.82) is 0 Å². The molecule has 0 aliphatic carbocycles. The first-order valence-corrected chi connectivity index (χ1v) is 7.89. The number of hydrogen-bond donors (Lipinski definition) is 0. The molecule has 120 valence electrons. The van der Waals surface area contributed by atoms with Crippen molar-refractivity contribution in [3.63, 3.8) is 0 Å². The van der Waals surface area contributed by atoms with Crippen molar-refractivity contribution in [2.45, 2.75) is 20.3 Å². The van der Waals surface area contributed by atoms with Crippen LogP contribution in [0.25, 0.3) is 10.8 Å². The van der Waals surface area contributed by atoms with Crippen LogP contribution >= 0.6 is 0 Å². The molecule has 0 unspecified atom stereocenters. The molecular weight excluding hydrogens is 300 g/mol. The lowest BCUT2D eigenvalue weighted by Crippen LogP contribution is -2.05. The summed E-state index contributed by atoms with van der Waals surface area (Å²) in [6, 6.07) is 19.3. The van der Waals surface area contributed by atoms with E-state index in [1.807, 2.05) is 61.5 Å². The Morgan fingerprint density at radius 3 is 2.50 bits per heavy atom. The second-order valence-electron chi connectivity index (χ2n) is 5.45. The maximum Gasteiger partial charge on any atom is 0.310 e. The Hall–Kier alpha value is -3.01. The lowest BCUT2D eigenvalue weighted by Gasteiger charge is -2.09. The molecule has 0 atom stereocenters. The fourth-order valence-corrected chi connectivity index (χ4v) is 2.39. The molecule has 0 fully saturated rings. The van der Waals surface area contributed by atoms with E-state index in [2.05, 4.69) is 10.2 Å². The molecule has 3 aromatic rings. The standard InChI is InChI=1S/C20H18N2O2/c1-3-19(23)24-18-13-12-15-9-5-6-10-16(15)20(18)22-21-17-11-7-4-8-14(17)2/h4-13H,3H2,1-2H3. The van der Waals surface area contributed by atoms with Crippen molar-refractivity contribution in [1.82, 2.24) is 0 Å². The van der Waals surface area contributed by atoms with Crippen LogP contribution in [0.5, 0.6) is 5.75 Å². The highest BCUT2D eigenvalue weighted by Crippen LogP contribution is 2.37. The van der Waals surface area contributed by atoms with Crippen LogP contribution in [0, 0.1) is 6.92 Å². The molecule has 4 heteroatoms. The maximum atomic E-state index is 11.7.